The highest BCUT2D eigenvalue weighted by Gasteiger charge is 2.73. The zero-order chi connectivity index (χ0) is 22.7. The fraction of sp³-hybridized carbons (Fsp3) is 0.346. The summed E-state index contributed by atoms with van der Waals surface area (Å²) in [6.45, 7) is 0.429. The molecule has 1 aliphatic heterocycles. The number of rotatable bonds is 6. The van der Waals surface area contributed by atoms with Crippen molar-refractivity contribution in [2.75, 3.05) is 7.11 Å². The van der Waals surface area contributed by atoms with Crippen molar-refractivity contribution < 1.29 is 19.1 Å². The van der Waals surface area contributed by atoms with E-state index >= 15 is 0 Å². The van der Waals surface area contributed by atoms with Crippen molar-refractivity contribution in [2.24, 2.45) is 34.2 Å². The Morgan fingerprint density at radius 1 is 1.09 bits per heavy atom. The monoisotopic (exact) mass is 554 g/mol. The molecule has 2 amide bonds. The standard InChI is InChI=1S/C26H23IN2O4/c1-32-20-12-16(11-19(27)23(20)33-14-15-5-3-2-4-6-15)13-28-29-24(30)21-17-7-8-18(22(21)25(29)31)26(17)9-10-26/h2-8,11-13,17-18,21-22H,9-10,14H2,1H3/b28-13-/t17-,18-,21-,22+/m1/s1. The van der Waals surface area contributed by atoms with E-state index in [-0.39, 0.29) is 40.9 Å². The van der Waals surface area contributed by atoms with Crippen LogP contribution in [0.5, 0.6) is 11.5 Å². The molecule has 4 atom stereocenters. The topological polar surface area (TPSA) is 68.2 Å². The number of nitrogens with zero attached hydrogens (tertiary/aromatic N) is 2. The predicted molar refractivity (Wildman–Crippen MR) is 131 cm³/mol. The predicted octanol–water partition coefficient (Wildman–Crippen LogP) is 4.41. The number of hydrogen-bond donors (Lipinski definition) is 0. The molecule has 6 rings (SSSR count). The molecule has 0 N–H and O–H groups in total. The van der Waals surface area contributed by atoms with Crippen LogP contribution in [0.3, 0.4) is 0 Å². The summed E-state index contributed by atoms with van der Waals surface area (Å²) in [5, 5.41) is 5.42. The molecule has 3 fully saturated rings. The van der Waals surface area contributed by atoms with E-state index in [4.69, 9.17) is 9.47 Å². The zero-order valence-electron chi connectivity index (χ0n) is 18.1. The minimum atomic E-state index is -0.240. The van der Waals surface area contributed by atoms with Crippen LogP contribution >= 0.6 is 22.6 Å². The first-order chi connectivity index (χ1) is 16.0. The quantitative estimate of drug-likeness (QED) is 0.230. The lowest BCUT2D eigenvalue weighted by Gasteiger charge is -2.18. The van der Waals surface area contributed by atoms with Gasteiger partial charge < -0.3 is 9.47 Å². The third-order valence-corrected chi connectivity index (χ3v) is 8.43. The normalized spacial score (nSPS) is 28.2. The largest absolute Gasteiger partial charge is 0.493 e. The van der Waals surface area contributed by atoms with Gasteiger partial charge in [0.25, 0.3) is 11.8 Å². The first-order valence-electron chi connectivity index (χ1n) is 11.2. The minimum Gasteiger partial charge on any atom is -0.493 e. The van der Waals surface area contributed by atoms with Crippen LogP contribution in [-0.2, 0) is 16.2 Å². The Balaban J connectivity index is 1.21. The molecule has 168 valence electrons. The number of ether oxygens (including phenoxy) is 2. The van der Waals surface area contributed by atoms with Crippen LogP contribution in [0.4, 0.5) is 0 Å². The van der Waals surface area contributed by atoms with Crippen molar-refractivity contribution in [3.63, 3.8) is 0 Å². The number of halogens is 1. The average molecular weight is 554 g/mol. The zero-order valence-corrected chi connectivity index (χ0v) is 20.3. The molecule has 2 bridgehead atoms. The summed E-state index contributed by atoms with van der Waals surface area (Å²) in [6, 6.07) is 13.6. The van der Waals surface area contributed by atoms with Crippen LogP contribution in [0.25, 0.3) is 0 Å². The van der Waals surface area contributed by atoms with E-state index < -0.39 is 0 Å². The summed E-state index contributed by atoms with van der Waals surface area (Å²) in [5.74, 6) is 0.832. The number of fused-ring (bicyclic) bond motifs is 3. The summed E-state index contributed by atoms with van der Waals surface area (Å²) in [6.07, 6.45) is 8.15. The van der Waals surface area contributed by atoms with Crippen LogP contribution in [0.2, 0.25) is 0 Å². The van der Waals surface area contributed by atoms with Crippen LogP contribution < -0.4 is 9.47 Å². The number of amides is 2. The summed E-state index contributed by atoms with van der Waals surface area (Å²) in [7, 11) is 1.59. The third kappa shape index (κ3) is 3.15. The first kappa shape index (κ1) is 20.9. The number of carbonyl (C=O) groups is 2. The highest BCUT2D eigenvalue weighted by molar-refractivity contribution is 14.1. The van der Waals surface area contributed by atoms with Crippen LogP contribution in [-0.4, -0.2) is 30.1 Å². The Morgan fingerprint density at radius 3 is 2.36 bits per heavy atom. The molecule has 0 radical (unpaired) electrons. The second-order valence-corrected chi connectivity index (χ2v) is 10.4. The van der Waals surface area contributed by atoms with Gasteiger partial charge in [-0.3, -0.25) is 9.59 Å². The molecular weight excluding hydrogens is 531 g/mol. The lowest BCUT2D eigenvalue weighted by molar-refractivity contribution is -0.141. The number of hydrazone groups is 1. The van der Waals surface area contributed by atoms with Crippen LogP contribution in [0.15, 0.2) is 59.7 Å². The Kier molecular flexibility index (Phi) is 4.87. The molecule has 1 heterocycles. The molecule has 1 spiro atoms. The van der Waals surface area contributed by atoms with Gasteiger partial charge in [0.2, 0.25) is 0 Å². The number of benzene rings is 2. The number of allylic oxidation sites excluding steroid dienone is 2. The van der Waals surface area contributed by atoms with E-state index in [0.717, 1.165) is 32.5 Å². The second kappa shape index (κ2) is 7.68. The van der Waals surface area contributed by atoms with E-state index in [1.165, 1.54) is 0 Å². The van der Waals surface area contributed by atoms with E-state index in [0.29, 0.717) is 18.1 Å². The van der Waals surface area contributed by atoms with Crippen molar-refractivity contribution >= 4 is 40.6 Å². The Labute approximate surface area is 205 Å². The lowest BCUT2D eigenvalue weighted by Crippen LogP contribution is -2.30. The number of hydrogen-bond acceptors (Lipinski definition) is 5. The molecule has 2 aromatic carbocycles. The van der Waals surface area contributed by atoms with Crippen molar-refractivity contribution in [3.8, 4) is 11.5 Å². The molecule has 4 aliphatic rings. The smallest absolute Gasteiger partial charge is 0.254 e. The minimum absolute atomic E-state index is 0.158. The number of methoxy groups -OCH3 is 1. The van der Waals surface area contributed by atoms with Gasteiger partial charge in [-0.05, 0) is 75.9 Å². The fourth-order valence-electron chi connectivity index (χ4n) is 5.99. The second-order valence-electron chi connectivity index (χ2n) is 9.26. The van der Waals surface area contributed by atoms with Crippen molar-refractivity contribution in [2.45, 2.75) is 19.4 Å². The van der Waals surface area contributed by atoms with Gasteiger partial charge in [-0.2, -0.15) is 10.1 Å². The van der Waals surface area contributed by atoms with E-state index in [1.54, 1.807) is 13.3 Å². The van der Waals surface area contributed by atoms with Crippen molar-refractivity contribution in [3.05, 3.63) is 69.3 Å². The molecule has 2 saturated carbocycles. The molecule has 3 aliphatic carbocycles. The fourth-order valence-corrected chi connectivity index (χ4v) is 6.77. The molecule has 7 heteroatoms. The summed E-state index contributed by atoms with van der Waals surface area (Å²) >= 11 is 2.20. The molecule has 33 heavy (non-hydrogen) atoms. The van der Waals surface area contributed by atoms with Gasteiger partial charge in [0.15, 0.2) is 11.5 Å². The maximum absolute atomic E-state index is 13.1. The van der Waals surface area contributed by atoms with Crippen LogP contribution in [0, 0.1) is 32.7 Å². The van der Waals surface area contributed by atoms with Crippen LogP contribution in [0.1, 0.15) is 24.0 Å². The third-order valence-electron chi connectivity index (χ3n) is 7.63. The average Bonchev–Trinajstić information content (AvgIpc) is 3.43. The molecular formula is C26H23IN2O4. The molecule has 6 nitrogen and oxygen atoms in total. The van der Waals surface area contributed by atoms with Gasteiger partial charge in [-0.25, -0.2) is 0 Å². The van der Waals surface area contributed by atoms with E-state index in [1.807, 2.05) is 42.5 Å². The molecule has 2 aromatic rings. The summed E-state index contributed by atoms with van der Waals surface area (Å²) in [5.41, 5.74) is 1.99. The number of imide groups is 1. The lowest BCUT2D eigenvalue weighted by atomic mass is 9.85. The van der Waals surface area contributed by atoms with Gasteiger partial charge in [0, 0.05) is 0 Å². The van der Waals surface area contributed by atoms with Gasteiger partial charge in [-0.1, -0.05) is 42.5 Å². The maximum atomic E-state index is 13.1. The Bertz CT molecular complexity index is 1170. The molecule has 1 saturated heterocycles. The van der Waals surface area contributed by atoms with Gasteiger partial charge >= 0.3 is 0 Å². The van der Waals surface area contributed by atoms with Gasteiger partial charge in [0.1, 0.15) is 6.61 Å². The van der Waals surface area contributed by atoms with E-state index in [9.17, 15) is 9.59 Å². The Hall–Kier alpha value is -2.68. The van der Waals surface area contributed by atoms with E-state index in [2.05, 4.69) is 39.8 Å². The highest BCUT2D eigenvalue weighted by atomic mass is 127. The maximum Gasteiger partial charge on any atom is 0.254 e. The summed E-state index contributed by atoms with van der Waals surface area (Å²) < 4.78 is 12.4. The number of carbonyl (C=O) groups excluding carboxylic acids is 2. The van der Waals surface area contributed by atoms with Gasteiger partial charge in [-0.15, -0.1) is 0 Å². The van der Waals surface area contributed by atoms with Crippen molar-refractivity contribution in [1.82, 2.24) is 5.01 Å². The summed E-state index contributed by atoms with van der Waals surface area (Å²) in [4.78, 5) is 26.2. The van der Waals surface area contributed by atoms with Gasteiger partial charge in [0.05, 0.1) is 28.7 Å². The first-order valence-corrected chi connectivity index (χ1v) is 12.3. The Morgan fingerprint density at radius 2 is 1.76 bits per heavy atom. The molecule has 0 unspecified atom stereocenters. The SMILES string of the molecule is COc1cc(/C=N\N2C(=O)[C@@H]3[C@H](C2=O)[C@H]2C=C[C@H]3C23CC3)cc(I)c1OCc1ccccc1. The molecule has 0 aromatic heterocycles. The highest BCUT2D eigenvalue weighted by Crippen LogP contribution is 2.73. The van der Waals surface area contributed by atoms with Crippen molar-refractivity contribution in [1.29, 1.82) is 0 Å².